The minimum absolute atomic E-state index is 0.136. The molecule has 0 atom stereocenters. The fourth-order valence-corrected chi connectivity index (χ4v) is 2.22. The third kappa shape index (κ3) is 2.62. The van der Waals surface area contributed by atoms with Gasteiger partial charge < -0.3 is 11.1 Å². The number of anilines is 2. The largest absolute Gasteiger partial charge is 0.397 e. The second-order valence-electron chi connectivity index (χ2n) is 3.80. The summed E-state index contributed by atoms with van der Waals surface area (Å²) in [5, 5.41) is 2.77. The van der Waals surface area contributed by atoms with Crippen LogP contribution >= 0.6 is 11.3 Å². The third-order valence-electron chi connectivity index (χ3n) is 2.30. The lowest BCUT2D eigenvalue weighted by molar-refractivity contribution is 0.103. The number of carbonyl (C=O) groups is 1. The van der Waals surface area contributed by atoms with Gasteiger partial charge in [-0.3, -0.25) is 4.79 Å². The lowest BCUT2D eigenvalue weighted by Crippen LogP contribution is -2.12. The normalized spacial score (nSPS) is 10.2. The molecule has 0 unspecified atom stereocenters. The number of pyridine rings is 1. The summed E-state index contributed by atoms with van der Waals surface area (Å²) in [6, 6.07) is 5.51. The van der Waals surface area contributed by atoms with Gasteiger partial charge in [0.2, 0.25) is 0 Å². The van der Waals surface area contributed by atoms with Crippen LogP contribution in [0.1, 0.15) is 20.1 Å². The fraction of sp³-hybridized carbons (Fsp3) is 0.167. The molecule has 88 valence electrons. The van der Waals surface area contributed by atoms with Crippen LogP contribution in [0.2, 0.25) is 0 Å². The highest BCUT2D eigenvalue weighted by molar-refractivity contribution is 7.14. The van der Waals surface area contributed by atoms with E-state index in [-0.39, 0.29) is 5.91 Å². The Kier molecular flexibility index (Phi) is 3.10. The van der Waals surface area contributed by atoms with E-state index in [1.165, 1.54) is 17.5 Å². The van der Waals surface area contributed by atoms with Crippen molar-refractivity contribution in [2.75, 3.05) is 11.1 Å². The molecule has 0 radical (unpaired) electrons. The lowest BCUT2D eigenvalue weighted by atomic mass is 10.2. The van der Waals surface area contributed by atoms with Gasteiger partial charge in [0.05, 0.1) is 16.8 Å². The number of amides is 1. The van der Waals surface area contributed by atoms with Gasteiger partial charge in [0, 0.05) is 4.88 Å². The van der Waals surface area contributed by atoms with Gasteiger partial charge >= 0.3 is 0 Å². The smallest absolute Gasteiger partial charge is 0.266 e. The molecule has 1 amide bonds. The number of nitrogens with two attached hydrogens (primary N) is 1. The van der Waals surface area contributed by atoms with Gasteiger partial charge in [-0.15, -0.1) is 11.3 Å². The van der Waals surface area contributed by atoms with Crippen LogP contribution in [0.25, 0.3) is 0 Å². The Hall–Kier alpha value is -1.88. The van der Waals surface area contributed by atoms with E-state index >= 15 is 0 Å². The van der Waals surface area contributed by atoms with Gasteiger partial charge in [0.15, 0.2) is 0 Å². The Balaban J connectivity index is 2.18. The summed E-state index contributed by atoms with van der Waals surface area (Å²) in [5.74, 6) is 0.415. The first-order chi connectivity index (χ1) is 8.06. The molecule has 17 heavy (non-hydrogen) atoms. The van der Waals surface area contributed by atoms with E-state index in [9.17, 15) is 4.79 Å². The molecule has 0 aliphatic carbocycles. The molecular formula is C12H13N3OS. The van der Waals surface area contributed by atoms with E-state index in [4.69, 9.17) is 5.73 Å². The molecule has 0 spiro atoms. The highest BCUT2D eigenvalue weighted by Gasteiger charge is 2.10. The van der Waals surface area contributed by atoms with Crippen LogP contribution in [0, 0.1) is 13.8 Å². The molecule has 5 heteroatoms. The molecule has 0 bridgehead atoms. The van der Waals surface area contributed by atoms with Crippen molar-refractivity contribution in [3.8, 4) is 0 Å². The predicted molar refractivity (Wildman–Crippen MR) is 70.4 cm³/mol. The number of aryl methyl sites for hydroxylation is 2. The van der Waals surface area contributed by atoms with Crippen molar-refractivity contribution in [1.82, 2.24) is 4.98 Å². The minimum Gasteiger partial charge on any atom is -0.397 e. The molecule has 0 aromatic carbocycles. The number of nitrogens with one attached hydrogen (secondary N) is 1. The Morgan fingerprint density at radius 3 is 2.76 bits per heavy atom. The Bertz CT molecular complexity index is 563. The fourth-order valence-electron chi connectivity index (χ4n) is 1.45. The predicted octanol–water partition coefficient (Wildman–Crippen LogP) is 2.59. The highest BCUT2D eigenvalue weighted by Crippen LogP contribution is 2.18. The average Bonchev–Trinajstić information content (AvgIpc) is 2.69. The molecule has 0 fully saturated rings. The first-order valence-corrected chi connectivity index (χ1v) is 5.98. The van der Waals surface area contributed by atoms with Crippen molar-refractivity contribution < 1.29 is 4.79 Å². The quantitative estimate of drug-likeness (QED) is 0.857. The summed E-state index contributed by atoms with van der Waals surface area (Å²) < 4.78 is 0. The van der Waals surface area contributed by atoms with Crippen molar-refractivity contribution in [2.24, 2.45) is 0 Å². The molecule has 0 saturated carbocycles. The summed E-state index contributed by atoms with van der Waals surface area (Å²) in [4.78, 5) is 17.8. The van der Waals surface area contributed by atoms with Crippen molar-refractivity contribution in [3.63, 3.8) is 0 Å². The highest BCUT2D eigenvalue weighted by atomic mass is 32.1. The van der Waals surface area contributed by atoms with Gasteiger partial charge in [-0.1, -0.05) is 0 Å². The van der Waals surface area contributed by atoms with E-state index < -0.39 is 0 Å². The van der Waals surface area contributed by atoms with Gasteiger partial charge in [0.1, 0.15) is 5.82 Å². The first kappa shape index (κ1) is 11.6. The van der Waals surface area contributed by atoms with Crippen molar-refractivity contribution in [2.45, 2.75) is 13.8 Å². The molecule has 4 nitrogen and oxygen atoms in total. The summed E-state index contributed by atoms with van der Waals surface area (Å²) in [6.07, 6.45) is 1.53. The molecule has 2 heterocycles. The Morgan fingerprint density at radius 1 is 1.41 bits per heavy atom. The van der Waals surface area contributed by atoms with Crippen LogP contribution in [0.4, 0.5) is 11.5 Å². The van der Waals surface area contributed by atoms with Crippen LogP contribution in [-0.2, 0) is 0 Å². The van der Waals surface area contributed by atoms with Crippen LogP contribution < -0.4 is 11.1 Å². The Labute approximate surface area is 103 Å². The monoisotopic (exact) mass is 247 g/mol. The van der Waals surface area contributed by atoms with E-state index in [0.717, 1.165) is 10.4 Å². The maximum Gasteiger partial charge on any atom is 0.266 e. The SMILES string of the molecule is Cc1ccc(C(=O)Nc2ncc(N)cc2C)s1. The first-order valence-electron chi connectivity index (χ1n) is 5.16. The molecule has 0 saturated heterocycles. The number of aromatic nitrogens is 1. The maximum atomic E-state index is 11.9. The summed E-state index contributed by atoms with van der Waals surface area (Å²) in [7, 11) is 0. The molecule has 2 aromatic heterocycles. The number of nitrogen functional groups attached to an aromatic ring is 1. The zero-order valence-electron chi connectivity index (χ0n) is 9.65. The molecule has 0 aliphatic heterocycles. The van der Waals surface area contributed by atoms with Crippen LogP contribution in [-0.4, -0.2) is 10.9 Å². The van der Waals surface area contributed by atoms with Crippen LogP contribution in [0.15, 0.2) is 24.4 Å². The molecule has 0 aliphatic rings. The molecular weight excluding hydrogens is 234 g/mol. The van der Waals surface area contributed by atoms with Crippen LogP contribution in [0.3, 0.4) is 0 Å². The second kappa shape index (κ2) is 4.55. The zero-order chi connectivity index (χ0) is 12.4. The number of nitrogens with zero attached hydrogens (tertiary/aromatic N) is 1. The Morgan fingerprint density at radius 2 is 2.18 bits per heavy atom. The number of thiophene rings is 1. The number of rotatable bonds is 2. The topological polar surface area (TPSA) is 68.0 Å². The molecule has 3 N–H and O–H groups in total. The summed E-state index contributed by atoms with van der Waals surface area (Å²) in [5.41, 5.74) is 7.04. The van der Waals surface area contributed by atoms with Gasteiger partial charge in [-0.25, -0.2) is 4.98 Å². The molecule has 2 rings (SSSR count). The van der Waals surface area contributed by atoms with Gasteiger partial charge in [-0.2, -0.15) is 0 Å². The summed E-state index contributed by atoms with van der Waals surface area (Å²) >= 11 is 1.46. The number of carbonyl (C=O) groups excluding carboxylic acids is 1. The number of hydrogen-bond acceptors (Lipinski definition) is 4. The standard InChI is InChI=1S/C12H13N3OS/c1-7-5-9(13)6-14-11(7)15-12(16)10-4-3-8(2)17-10/h3-6H,13H2,1-2H3,(H,14,15,16). The average molecular weight is 247 g/mol. The maximum absolute atomic E-state index is 11.9. The number of hydrogen-bond donors (Lipinski definition) is 2. The van der Waals surface area contributed by atoms with Gasteiger partial charge in [0.25, 0.3) is 5.91 Å². The summed E-state index contributed by atoms with van der Waals surface area (Å²) in [6.45, 7) is 3.83. The lowest BCUT2D eigenvalue weighted by Gasteiger charge is -2.06. The van der Waals surface area contributed by atoms with Crippen molar-refractivity contribution in [3.05, 3.63) is 39.7 Å². The van der Waals surface area contributed by atoms with E-state index in [1.807, 2.05) is 26.0 Å². The third-order valence-corrected chi connectivity index (χ3v) is 3.29. The van der Waals surface area contributed by atoms with E-state index in [1.54, 1.807) is 6.07 Å². The second-order valence-corrected chi connectivity index (χ2v) is 5.09. The zero-order valence-corrected chi connectivity index (χ0v) is 10.5. The van der Waals surface area contributed by atoms with E-state index in [0.29, 0.717) is 16.4 Å². The molecule has 2 aromatic rings. The van der Waals surface area contributed by atoms with Gasteiger partial charge in [-0.05, 0) is 37.6 Å². The van der Waals surface area contributed by atoms with E-state index in [2.05, 4.69) is 10.3 Å². The van der Waals surface area contributed by atoms with Crippen molar-refractivity contribution >= 4 is 28.7 Å². The van der Waals surface area contributed by atoms with Crippen molar-refractivity contribution in [1.29, 1.82) is 0 Å². The minimum atomic E-state index is -0.136. The van der Waals surface area contributed by atoms with Crippen LogP contribution in [0.5, 0.6) is 0 Å².